The molecule has 3 N–H and O–H groups in total. The minimum atomic E-state index is -4.71. The Balaban J connectivity index is 1.90. The van der Waals surface area contributed by atoms with Gasteiger partial charge in [0.05, 0.1) is 15.4 Å². The molecule has 1 fully saturated rings. The van der Waals surface area contributed by atoms with Gasteiger partial charge in [-0.2, -0.15) is 5.09 Å². The fraction of sp³-hybridized carbons (Fsp3) is 0.500. The highest BCUT2D eigenvalue weighted by molar-refractivity contribution is 7.52. The van der Waals surface area contributed by atoms with Crippen LogP contribution in [0.25, 0.3) is 0 Å². The molecule has 0 saturated carbocycles. The number of esters is 1. The van der Waals surface area contributed by atoms with Crippen molar-refractivity contribution in [2.45, 2.75) is 63.7 Å². The maximum Gasteiger partial charge on any atom is 0.459 e. The first kappa shape index (κ1) is 25.2. The summed E-state index contributed by atoms with van der Waals surface area (Å²) >= 11 is 6.28. The lowest BCUT2D eigenvalue weighted by Crippen LogP contribution is -2.37. The van der Waals surface area contributed by atoms with Crippen LogP contribution in [0, 0.1) is 6.92 Å². The molecule has 1 saturated heterocycles. The monoisotopic (exact) mass is 547 g/mol. The lowest BCUT2D eigenvalue weighted by atomic mass is 10.2. The molecule has 0 radical (unpaired) electrons. The number of rotatable bonds is 10. The van der Waals surface area contributed by atoms with E-state index in [1.807, 2.05) is 0 Å². The number of aliphatic hydroxyl groups is 1. The summed E-state index contributed by atoms with van der Waals surface area (Å²) in [6, 6.07) is 6.41. The summed E-state index contributed by atoms with van der Waals surface area (Å²) in [5.74, 6) is -0.772. The predicted molar refractivity (Wildman–Crippen MR) is 130 cm³/mol. The normalized spacial score (nSPS) is 25.5. The summed E-state index contributed by atoms with van der Waals surface area (Å²) in [7, 11) is -4.71. The highest BCUT2D eigenvalue weighted by atomic mass is 35.5. The lowest BCUT2D eigenvalue weighted by Gasteiger charge is -2.25. The van der Waals surface area contributed by atoms with Gasteiger partial charge >= 0.3 is 19.4 Å². The maximum absolute atomic E-state index is 13.8. The molecule has 1 aromatic carbocycles. The predicted octanol–water partition coefficient (Wildman–Crippen LogP) is 1.84. The molecule has 14 heteroatoms. The Morgan fingerprint density at radius 1 is 1.33 bits per heavy atom. The maximum atomic E-state index is 13.8. The van der Waals surface area contributed by atoms with Crippen LogP contribution in [0.4, 0.5) is 0 Å². The van der Waals surface area contributed by atoms with Crippen molar-refractivity contribution in [3.63, 3.8) is 0 Å². The number of ether oxygens (including phenoxy) is 2. The van der Waals surface area contributed by atoms with Crippen LogP contribution in [0.2, 0.25) is 0 Å². The van der Waals surface area contributed by atoms with Crippen molar-refractivity contribution < 1.29 is 35.7 Å². The van der Waals surface area contributed by atoms with Crippen LogP contribution in [0.5, 0.6) is 5.75 Å². The fourth-order valence-electron chi connectivity index (χ4n) is 3.17. The number of aryl methyl sites for hydroxylation is 1. The summed E-state index contributed by atoms with van der Waals surface area (Å²) in [6.45, 7) is 2.94. The summed E-state index contributed by atoms with van der Waals surface area (Å²) < 4.78 is 53.0. The molecule has 2 unspecified atom stereocenters. The van der Waals surface area contributed by atoms with Crippen molar-refractivity contribution in [3.8, 4) is 5.75 Å². The van der Waals surface area contributed by atoms with Crippen LogP contribution in [-0.2, 0) is 23.4 Å². The number of H-pyrrole nitrogens is 1. The van der Waals surface area contributed by atoms with Crippen LogP contribution in [0.15, 0.2) is 46.1 Å². The van der Waals surface area contributed by atoms with Crippen molar-refractivity contribution in [1.29, 1.82) is 0 Å². The van der Waals surface area contributed by atoms with Gasteiger partial charge in [0.2, 0.25) is 0 Å². The Bertz CT molecular complexity index is 1310. The van der Waals surface area contributed by atoms with Crippen LogP contribution < -0.4 is 20.9 Å². The van der Waals surface area contributed by atoms with E-state index in [9.17, 15) is 24.1 Å². The van der Waals surface area contributed by atoms with E-state index >= 15 is 0 Å². The highest BCUT2D eigenvalue weighted by Gasteiger charge is 2.45. The summed E-state index contributed by atoms with van der Waals surface area (Å²) in [5, 5.41) is 11.7. The van der Waals surface area contributed by atoms with Gasteiger partial charge in [0, 0.05) is 11.8 Å². The third-order valence-corrected chi connectivity index (χ3v) is 6.90. The molecule has 1 aliphatic rings. The molecular formula is C22H29ClN3O9P. The third kappa shape index (κ3) is 6.84. The first-order valence-corrected chi connectivity index (χ1v) is 12.9. The number of carbonyl (C=O) groups excluding carboxylic acids is 1. The molecule has 2 aromatic rings. The number of benzene rings is 1. The van der Waals surface area contributed by atoms with Crippen LogP contribution >= 0.6 is 19.3 Å². The first-order chi connectivity index (χ1) is 17.6. The molecule has 0 spiro atoms. The molecule has 198 valence electrons. The Morgan fingerprint density at radius 2 is 2.00 bits per heavy atom. The number of hydrogen-bond donors (Lipinski definition) is 3. The molecular weight excluding hydrogens is 517 g/mol. The fourth-order valence-corrected chi connectivity index (χ4v) is 4.85. The number of alkyl halides is 1. The van der Waals surface area contributed by atoms with E-state index in [0.717, 1.165) is 10.8 Å². The Morgan fingerprint density at radius 3 is 2.64 bits per heavy atom. The van der Waals surface area contributed by atoms with Gasteiger partial charge in [0.25, 0.3) is 5.56 Å². The topological polar surface area (TPSA) is 158 Å². The summed E-state index contributed by atoms with van der Waals surface area (Å²) in [6.07, 6.45) is -4.38. The van der Waals surface area contributed by atoms with E-state index in [1.165, 1.54) is 26.0 Å². The second-order valence-electron chi connectivity index (χ2n) is 8.31. The lowest BCUT2D eigenvalue weighted by molar-refractivity contribution is -0.149. The van der Waals surface area contributed by atoms with E-state index in [-0.39, 0.29) is 11.3 Å². The Labute approximate surface area is 214 Å². The zero-order chi connectivity index (χ0) is 28.4. The highest BCUT2D eigenvalue weighted by Crippen LogP contribution is 2.46. The van der Waals surface area contributed by atoms with Crippen LogP contribution in [0.3, 0.4) is 0 Å². The van der Waals surface area contributed by atoms with Gasteiger partial charge in [-0.05, 0) is 39.8 Å². The van der Waals surface area contributed by atoms with Crippen molar-refractivity contribution in [2.24, 2.45) is 0 Å². The van der Waals surface area contributed by atoms with E-state index in [1.54, 1.807) is 32.0 Å². The van der Waals surface area contributed by atoms with Gasteiger partial charge in [-0.1, -0.05) is 18.2 Å². The molecule has 0 amide bonds. The Hall–Kier alpha value is -2.47. The van der Waals surface area contributed by atoms with Gasteiger partial charge in [0.15, 0.2) is 6.23 Å². The second-order valence-corrected chi connectivity index (χ2v) is 10.4. The smallest absolute Gasteiger partial charge is 0.459 e. The molecule has 1 aromatic heterocycles. The second kappa shape index (κ2) is 11.7. The van der Waals surface area contributed by atoms with Gasteiger partial charge in [-0.25, -0.2) is 9.36 Å². The van der Waals surface area contributed by atoms with Gasteiger partial charge < -0.3 is 19.1 Å². The van der Waals surface area contributed by atoms with Crippen molar-refractivity contribution >= 4 is 25.3 Å². The van der Waals surface area contributed by atoms with Crippen molar-refractivity contribution in [3.05, 3.63) is 62.9 Å². The third-order valence-electron chi connectivity index (χ3n) is 4.93. The van der Waals surface area contributed by atoms with E-state index in [4.69, 9.17) is 32.9 Å². The number of para-hydroxylation sites is 1. The number of nitrogens with one attached hydrogen (secondary N) is 2. The van der Waals surface area contributed by atoms with Crippen molar-refractivity contribution in [1.82, 2.24) is 14.6 Å². The van der Waals surface area contributed by atoms with E-state index in [0.29, 0.717) is 0 Å². The largest absolute Gasteiger partial charge is 0.462 e. The molecule has 1 aliphatic heterocycles. The quantitative estimate of drug-likeness (QED) is 0.228. The number of aromatic amines is 1. The molecule has 36 heavy (non-hydrogen) atoms. The molecule has 2 heterocycles. The summed E-state index contributed by atoms with van der Waals surface area (Å²) in [5.41, 5.74) is -1.40. The van der Waals surface area contributed by atoms with Gasteiger partial charge in [-0.15, -0.1) is 11.6 Å². The SMILES string of the molecule is [2H]C([2H])(OP(=O)(N[C@@H](C)C(=O)OC(C)C)Oc1ccccc1)[C@@H]1O[C@H](n2cc(C)c(=O)[nH]c2=O)[C@H](Cl)C1O. The minimum Gasteiger partial charge on any atom is -0.462 e. The van der Waals surface area contributed by atoms with Crippen molar-refractivity contribution in [2.75, 3.05) is 6.56 Å². The first-order valence-electron chi connectivity index (χ1n) is 12.0. The van der Waals surface area contributed by atoms with Crippen LogP contribution in [0.1, 0.15) is 35.3 Å². The standard InChI is InChI=1S/C22H29ClN3O9P/c1-12(2)33-21(29)14(4)25-36(31,35-15-8-6-5-7-9-15)32-11-16-18(27)17(23)20(34-16)26-10-13(3)19(28)24-22(26)30/h5-10,12,14,16-18,20,27H,11H2,1-4H3,(H,25,31)(H,24,28,30)/t14-,16-,17+,18?,20-,36?/m0/s1/i11D2. The minimum absolute atomic E-state index is 0.0276. The molecule has 3 rings (SSSR count). The summed E-state index contributed by atoms with van der Waals surface area (Å²) in [4.78, 5) is 38.5. The van der Waals surface area contributed by atoms with E-state index < -0.39 is 67.5 Å². The Kier molecular flexibility index (Phi) is 8.20. The number of hydrogen-bond acceptors (Lipinski definition) is 9. The molecule has 0 aliphatic carbocycles. The number of aromatic nitrogens is 2. The van der Waals surface area contributed by atoms with Gasteiger partial charge in [-0.3, -0.25) is 23.7 Å². The zero-order valence-electron chi connectivity index (χ0n) is 21.9. The van der Waals surface area contributed by atoms with Gasteiger partial charge in [0.1, 0.15) is 29.4 Å². The number of carbonyl (C=O) groups is 1. The van der Waals surface area contributed by atoms with E-state index in [2.05, 4.69) is 10.1 Å². The molecule has 12 nitrogen and oxygen atoms in total. The zero-order valence-corrected chi connectivity index (χ0v) is 21.6. The molecule has 0 bridgehead atoms. The van der Waals surface area contributed by atoms with Crippen LogP contribution in [-0.4, -0.2) is 56.9 Å². The molecule has 6 atom stereocenters. The number of halogens is 1. The average Bonchev–Trinajstić information content (AvgIpc) is 3.11. The number of aliphatic hydroxyl groups excluding tert-OH is 1. The average molecular weight is 548 g/mol. The number of nitrogens with zero attached hydrogens (tertiary/aromatic N) is 1.